The maximum absolute atomic E-state index is 11.9. The fourth-order valence-corrected chi connectivity index (χ4v) is 5.81. The van der Waals surface area contributed by atoms with Gasteiger partial charge >= 0.3 is 5.97 Å². The average molecular weight is 967 g/mol. The minimum Gasteiger partial charge on any atom is -0.463 e. The number of hydrogen-bond donors (Lipinski definition) is 0. The van der Waals surface area contributed by atoms with Crippen LogP contribution in [-0.4, -0.2) is 176 Å². The van der Waals surface area contributed by atoms with Gasteiger partial charge in [0, 0.05) is 10.8 Å². The summed E-state index contributed by atoms with van der Waals surface area (Å²) in [5.41, 5.74) is 0. The van der Waals surface area contributed by atoms with Gasteiger partial charge in [-0.2, -0.15) is 0 Å². The van der Waals surface area contributed by atoms with Crippen LogP contribution in [0.5, 0.6) is 0 Å². The van der Waals surface area contributed by atoms with Crippen LogP contribution in [0.4, 0.5) is 0 Å². The maximum atomic E-state index is 11.9. The Hall–Kier alpha value is -0.280. The molecular formula is C44H87IO14. The summed E-state index contributed by atoms with van der Waals surface area (Å²) in [5, 5.41) is 0. The smallest absolute Gasteiger partial charge is 0.305 e. The van der Waals surface area contributed by atoms with Crippen LogP contribution in [0.1, 0.15) is 110 Å². The molecule has 0 aliphatic carbocycles. The molecule has 0 saturated heterocycles. The lowest BCUT2D eigenvalue weighted by atomic mass is 10.0. The molecule has 59 heavy (non-hydrogen) atoms. The topological polar surface area (TPSA) is 137 Å². The Balaban J connectivity index is 3.12. The Labute approximate surface area is 372 Å². The number of unbranched alkanes of at least 4 members (excludes halogenated alkanes) is 14. The molecule has 0 N–H and O–H groups in total. The highest BCUT2D eigenvalue weighted by Crippen LogP contribution is 2.14. The lowest BCUT2D eigenvalue weighted by Gasteiger charge is -2.09. The number of rotatable bonds is 54. The standard InChI is InChI=1S/C44H87IO14/c1-2-3-4-5-6-7-8-9-10-11-12-13-14-15-16-17-44(46)59-43-42-58-41-40-57-39-38-56-37-36-55-35-34-54-33-32-53-31-30-52-29-28-51-27-26-50-25-24-49-23-22-48-21-20-47-19-18-45/h2-43H2,1H3. The van der Waals surface area contributed by atoms with Crippen molar-refractivity contribution in [1.82, 2.24) is 0 Å². The summed E-state index contributed by atoms with van der Waals surface area (Å²) in [6, 6.07) is 0. The second-order valence-electron chi connectivity index (χ2n) is 14.0. The minimum atomic E-state index is -0.131. The van der Waals surface area contributed by atoms with Gasteiger partial charge in [-0.25, -0.2) is 0 Å². The van der Waals surface area contributed by atoms with Crippen LogP contribution in [0.3, 0.4) is 0 Å². The summed E-state index contributed by atoms with van der Waals surface area (Å²) < 4.78 is 71.9. The molecule has 0 bridgehead atoms. The fraction of sp³-hybridized carbons (Fsp3) is 0.977. The number of carbonyl (C=O) groups excluding carboxylic acids is 1. The molecule has 0 radical (unpaired) electrons. The summed E-state index contributed by atoms with van der Waals surface area (Å²) in [6.45, 7) is 15.1. The van der Waals surface area contributed by atoms with Crippen LogP contribution in [0.2, 0.25) is 0 Å². The molecule has 0 aliphatic rings. The highest BCUT2D eigenvalue weighted by molar-refractivity contribution is 14.1. The van der Waals surface area contributed by atoms with Gasteiger partial charge in [0.25, 0.3) is 0 Å². The van der Waals surface area contributed by atoms with E-state index >= 15 is 0 Å². The van der Waals surface area contributed by atoms with E-state index in [1.807, 2.05) is 0 Å². The van der Waals surface area contributed by atoms with Crippen LogP contribution in [0, 0.1) is 0 Å². The summed E-state index contributed by atoms with van der Waals surface area (Å²) in [4.78, 5) is 11.9. The van der Waals surface area contributed by atoms with E-state index in [0.29, 0.717) is 158 Å². The molecule has 0 amide bonds. The fourth-order valence-electron chi connectivity index (χ4n) is 5.50. The third kappa shape index (κ3) is 55.7. The molecule has 0 unspecified atom stereocenters. The summed E-state index contributed by atoms with van der Waals surface area (Å²) in [5.74, 6) is -0.131. The summed E-state index contributed by atoms with van der Waals surface area (Å²) in [6.07, 6.45) is 20.2. The molecule has 0 aromatic rings. The number of alkyl halides is 1. The van der Waals surface area contributed by atoms with Crippen molar-refractivity contribution in [2.24, 2.45) is 0 Å². The van der Waals surface area contributed by atoms with Gasteiger partial charge in [-0.15, -0.1) is 0 Å². The number of carbonyl (C=O) groups is 1. The molecule has 0 aromatic carbocycles. The lowest BCUT2D eigenvalue weighted by molar-refractivity contribution is -0.145. The second-order valence-corrected chi connectivity index (χ2v) is 15.0. The van der Waals surface area contributed by atoms with Crippen LogP contribution < -0.4 is 0 Å². The van der Waals surface area contributed by atoms with Crippen molar-refractivity contribution in [2.75, 3.05) is 170 Å². The molecule has 0 spiro atoms. The van der Waals surface area contributed by atoms with Crippen molar-refractivity contribution in [2.45, 2.75) is 110 Å². The Bertz CT molecular complexity index is 773. The molecule has 0 fully saturated rings. The van der Waals surface area contributed by atoms with Crippen LogP contribution in [0.25, 0.3) is 0 Å². The van der Waals surface area contributed by atoms with E-state index < -0.39 is 0 Å². The van der Waals surface area contributed by atoms with E-state index in [9.17, 15) is 4.79 Å². The molecule has 0 atom stereocenters. The minimum absolute atomic E-state index is 0.131. The zero-order chi connectivity index (χ0) is 42.5. The van der Waals surface area contributed by atoms with Gasteiger partial charge in [0.1, 0.15) is 6.61 Å². The first-order chi connectivity index (χ1) is 29.3. The van der Waals surface area contributed by atoms with Gasteiger partial charge in [-0.3, -0.25) is 4.79 Å². The molecule has 0 heterocycles. The number of ether oxygens (including phenoxy) is 13. The molecule has 0 rings (SSSR count). The van der Waals surface area contributed by atoms with Gasteiger partial charge in [-0.05, 0) is 6.42 Å². The number of hydrogen-bond acceptors (Lipinski definition) is 14. The van der Waals surface area contributed by atoms with Crippen LogP contribution >= 0.6 is 22.6 Å². The van der Waals surface area contributed by atoms with Gasteiger partial charge in [0.2, 0.25) is 0 Å². The van der Waals surface area contributed by atoms with Gasteiger partial charge in [0.15, 0.2) is 0 Å². The van der Waals surface area contributed by atoms with Crippen molar-refractivity contribution in [3.63, 3.8) is 0 Å². The number of esters is 1. The molecule has 14 nitrogen and oxygen atoms in total. The maximum Gasteiger partial charge on any atom is 0.305 e. The summed E-state index contributed by atoms with van der Waals surface area (Å²) in [7, 11) is 0. The average Bonchev–Trinajstić information content (AvgIpc) is 3.24. The van der Waals surface area contributed by atoms with Gasteiger partial charge < -0.3 is 61.6 Å². The van der Waals surface area contributed by atoms with Crippen molar-refractivity contribution >= 4 is 28.6 Å². The number of halogens is 1. The van der Waals surface area contributed by atoms with Crippen molar-refractivity contribution in [1.29, 1.82) is 0 Å². The Kier molecular flexibility index (Phi) is 55.5. The molecule has 0 aromatic heterocycles. The van der Waals surface area contributed by atoms with Gasteiger partial charge in [0.05, 0.1) is 159 Å². The predicted octanol–water partition coefficient (Wildman–Crippen LogP) is 7.43. The third-order valence-electron chi connectivity index (χ3n) is 8.79. The first-order valence-electron chi connectivity index (χ1n) is 23.0. The van der Waals surface area contributed by atoms with E-state index in [1.54, 1.807) is 0 Å². The first kappa shape index (κ1) is 58.7. The monoisotopic (exact) mass is 967 g/mol. The van der Waals surface area contributed by atoms with Crippen LogP contribution in [-0.2, 0) is 66.4 Å². The van der Waals surface area contributed by atoms with E-state index in [-0.39, 0.29) is 12.6 Å². The molecule has 354 valence electrons. The normalized spacial score (nSPS) is 11.6. The molecule has 0 aliphatic heterocycles. The highest BCUT2D eigenvalue weighted by Gasteiger charge is 2.03. The molecular weight excluding hydrogens is 879 g/mol. The lowest BCUT2D eigenvalue weighted by Crippen LogP contribution is -2.15. The van der Waals surface area contributed by atoms with E-state index in [1.165, 1.54) is 83.5 Å². The first-order valence-corrected chi connectivity index (χ1v) is 24.5. The zero-order valence-corrected chi connectivity index (χ0v) is 39.4. The SMILES string of the molecule is CCCCCCCCCCCCCCCCCC(=O)OCCOCCOCCOCCOCCOCCOCCOCCOCCOCCOCCOCCOCCI. The van der Waals surface area contributed by atoms with E-state index in [4.69, 9.17) is 61.6 Å². The summed E-state index contributed by atoms with van der Waals surface area (Å²) >= 11 is 2.28. The van der Waals surface area contributed by atoms with Crippen molar-refractivity contribution in [3.05, 3.63) is 0 Å². The van der Waals surface area contributed by atoms with Gasteiger partial charge in [-0.1, -0.05) is 119 Å². The Morgan fingerprint density at radius 2 is 0.492 bits per heavy atom. The second kappa shape index (κ2) is 55.7. The highest BCUT2D eigenvalue weighted by atomic mass is 127. The zero-order valence-electron chi connectivity index (χ0n) is 37.3. The van der Waals surface area contributed by atoms with E-state index in [0.717, 1.165) is 23.9 Å². The predicted molar refractivity (Wildman–Crippen MR) is 239 cm³/mol. The van der Waals surface area contributed by atoms with Crippen molar-refractivity contribution < 1.29 is 66.4 Å². The Morgan fingerprint density at radius 1 is 0.288 bits per heavy atom. The molecule has 0 saturated carbocycles. The Morgan fingerprint density at radius 3 is 0.729 bits per heavy atom. The van der Waals surface area contributed by atoms with Crippen LogP contribution in [0.15, 0.2) is 0 Å². The quantitative estimate of drug-likeness (QED) is 0.0259. The van der Waals surface area contributed by atoms with Crippen molar-refractivity contribution in [3.8, 4) is 0 Å². The molecule has 15 heteroatoms. The third-order valence-corrected chi connectivity index (χ3v) is 9.23. The largest absolute Gasteiger partial charge is 0.463 e. The van der Waals surface area contributed by atoms with E-state index in [2.05, 4.69) is 29.5 Å².